The Morgan fingerprint density at radius 1 is 0.370 bits per heavy atom. The first-order valence-electron chi connectivity index (χ1n) is 16.0. The molecule has 3 nitrogen and oxygen atoms in total. The number of nitrogens with zero attached hydrogens (tertiary/aromatic N) is 3. The van der Waals surface area contributed by atoms with Gasteiger partial charge in [0.2, 0.25) is 0 Å². The van der Waals surface area contributed by atoms with Gasteiger partial charge in [-0.2, -0.15) is 0 Å². The molecule has 9 aromatic rings. The molecule has 2 aliphatic rings. The van der Waals surface area contributed by atoms with E-state index in [0.29, 0.717) is 0 Å². The molecular formula is C42H26BN3. The second-order valence-corrected chi connectivity index (χ2v) is 12.5. The van der Waals surface area contributed by atoms with Gasteiger partial charge >= 0.3 is 0 Å². The van der Waals surface area contributed by atoms with Crippen molar-refractivity contribution >= 4 is 83.8 Å². The number of hydrogen-bond acceptors (Lipinski definition) is 1. The van der Waals surface area contributed by atoms with Gasteiger partial charge < -0.3 is 14.0 Å². The monoisotopic (exact) mass is 583 g/mol. The zero-order chi connectivity index (χ0) is 29.9. The summed E-state index contributed by atoms with van der Waals surface area (Å²) < 4.78 is 4.90. The molecule has 0 N–H and O–H groups in total. The van der Waals surface area contributed by atoms with Crippen LogP contribution >= 0.6 is 0 Å². The highest BCUT2D eigenvalue weighted by Crippen LogP contribution is 2.43. The first kappa shape index (κ1) is 24.3. The third-order valence-electron chi connectivity index (χ3n) is 10.3. The van der Waals surface area contributed by atoms with E-state index in [2.05, 4.69) is 172 Å². The lowest BCUT2D eigenvalue weighted by Gasteiger charge is -2.40. The van der Waals surface area contributed by atoms with Crippen LogP contribution in [0.1, 0.15) is 0 Å². The maximum absolute atomic E-state index is 2.51. The molecule has 0 amide bonds. The average molecular weight is 584 g/mol. The number of benzene rings is 7. The van der Waals surface area contributed by atoms with Crippen LogP contribution in [-0.2, 0) is 0 Å². The van der Waals surface area contributed by atoms with E-state index in [4.69, 9.17) is 0 Å². The first-order valence-corrected chi connectivity index (χ1v) is 16.0. The van der Waals surface area contributed by atoms with Crippen molar-refractivity contribution < 1.29 is 0 Å². The molecule has 4 heteroatoms. The first-order chi connectivity index (χ1) is 22.9. The van der Waals surface area contributed by atoms with Crippen LogP contribution in [0.5, 0.6) is 0 Å². The van der Waals surface area contributed by atoms with Crippen molar-refractivity contribution in [3.8, 4) is 11.4 Å². The van der Waals surface area contributed by atoms with Crippen LogP contribution in [0.3, 0.4) is 0 Å². The topological polar surface area (TPSA) is 13.1 Å². The van der Waals surface area contributed by atoms with Crippen molar-refractivity contribution in [3.63, 3.8) is 0 Å². The van der Waals surface area contributed by atoms with Gasteiger partial charge in [-0.25, -0.2) is 0 Å². The fraction of sp³-hybridized carbons (Fsp3) is 0. The minimum absolute atomic E-state index is 0.155. The fourth-order valence-electron chi connectivity index (χ4n) is 8.53. The van der Waals surface area contributed by atoms with E-state index in [9.17, 15) is 0 Å². The van der Waals surface area contributed by atoms with Crippen LogP contribution in [-0.4, -0.2) is 15.8 Å². The van der Waals surface area contributed by atoms with Crippen LogP contribution in [0.4, 0.5) is 17.1 Å². The number of hydrogen-bond donors (Lipinski definition) is 0. The third-order valence-corrected chi connectivity index (χ3v) is 10.3. The molecular weight excluding hydrogens is 557 g/mol. The predicted molar refractivity (Wildman–Crippen MR) is 194 cm³/mol. The smallest absolute Gasteiger partial charge is 0.252 e. The van der Waals surface area contributed by atoms with Crippen molar-refractivity contribution in [3.05, 3.63) is 158 Å². The summed E-state index contributed by atoms with van der Waals surface area (Å²) in [5.74, 6) is 0. The zero-order valence-corrected chi connectivity index (χ0v) is 24.9. The molecule has 0 bridgehead atoms. The lowest BCUT2D eigenvalue weighted by molar-refractivity contribution is 1.17. The summed E-state index contributed by atoms with van der Waals surface area (Å²) in [4.78, 5) is 2.50. The van der Waals surface area contributed by atoms with Gasteiger partial charge in [0.25, 0.3) is 6.71 Å². The molecule has 0 saturated carbocycles. The number of anilines is 3. The summed E-state index contributed by atoms with van der Waals surface area (Å²) in [6.45, 7) is 0.155. The van der Waals surface area contributed by atoms with Gasteiger partial charge in [0.1, 0.15) is 0 Å². The van der Waals surface area contributed by atoms with Gasteiger partial charge in [-0.3, -0.25) is 0 Å². The number of para-hydroxylation sites is 5. The molecule has 4 heterocycles. The lowest BCUT2D eigenvalue weighted by Crippen LogP contribution is -2.60. The maximum Gasteiger partial charge on any atom is 0.252 e. The van der Waals surface area contributed by atoms with Crippen LogP contribution in [0.25, 0.3) is 55.0 Å². The highest BCUT2D eigenvalue weighted by atomic mass is 15.2. The van der Waals surface area contributed by atoms with Crippen molar-refractivity contribution in [2.75, 3.05) is 4.90 Å². The minimum atomic E-state index is 0.155. The number of fused-ring (bicyclic) bond motifs is 10. The molecule has 2 aliphatic heterocycles. The summed E-state index contributed by atoms with van der Waals surface area (Å²) in [6.07, 6.45) is 0. The van der Waals surface area contributed by atoms with Gasteiger partial charge in [-0.15, -0.1) is 0 Å². The molecule has 0 aliphatic carbocycles. The van der Waals surface area contributed by atoms with Gasteiger partial charge in [-0.05, 0) is 77.1 Å². The summed E-state index contributed by atoms with van der Waals surface area (Å²) >= 11 is 0. The largest absolute Gasteiger partial charge is 0.311 e. The second-order valence-electron chi connectivity index (χ2n) is 12.5. The number of rotatable bonds is 2. The van der Waals surface area contributed by atoms with Crippen molar-refractivity contribution in [1.29, 1.82) is 0 Å². The van der Waals surface area contributed by atoms with E-state index >= 15 is 0 Å². The Balaban J connectivity index is 1.22. The molecule has 212 valence electrons. The normalized spacial score (nSPS) is 13.1. The zero-order valence-electron chi connectivity index (χ0n) is 24.9. The van der Waals surface area contributed by atoms with Gasteiger partial charge in [0.15, 0.2) is 0 Å². The molecule has 46 heavy (non-hydrogen) atoms. The van der Waals surface area contributed by atoms with Crippen molar-refractivity contribution in [2.24, 2.45) is 0 Å². The van der Waals surface area contributed by atoms with Crippen LogP contribution in [0.2, 0.25) is 0 Å². The van der Waals surface area contributed by atoms with Gasteiger partial charge in [-0.1, -0.05) is 97.1 Å². The standard InChI is InChI=1S/C42H26BN3/c1-2-12-27(13-3-1)44-35-19-7-5-15-30(35)32-26-28(24-25-37(32)44)45-38-21-9-6-17-33(38)43-34-18-10-16-31-29-14-4-8-20-36(29)46(42(31)34)40-23-11-22-39(45)41(40)43/h1-26H. The van der Waals surface area contributed by atoms with Gasteiger partial charge in [0.05, 0.1) is 16.6 Å². The molecule has 11 rings (SSSR count). The molecule has 0 saturated heterocycles. The lowest BCUT2D eigenvalue weighted by atomic mass is 9.34. The number of aromatic nitrogens is 2. The van der Waals surface area contributed by atoms with E-state index in [1.54, 1.807) is 0 Å². The van der Waals surface area contributed by atoms with Crippen LogP contribution in [0, 0.1) is 0 Å². The molecule has 2 aromatic heterocycles. The van der Waals surface area contributed by atoms with E-state index in [1.807, 2.05) is 0 Å². The Hall–Kier alpha value is -6.00. The fourth-order valence-corrected chi connectivity index (χ4v) is 8.53. The Bertz CT molecular complexity index is 2720. The van der Waals surface area contributed by atoms with Crippen LogP contribution < -0.4 is 21.3 Å². The van der Waals surface area contributed by atoms with Crippen molar-refractivity contribution in [2.45, 2.75) is 0 Å². The van der Waals surface area contributed by atoms with E-state index < -0.39 is 0 Å². The maximum atomic E-state index is 2.51. The molecule has 0 spiro atoms. The Labute approximate surface area is 266 Å². The quantitative estimate of drug-likeness (QED) is 0.186. The highest BCUT2D eigenvalue weighted by Gasteiger charge is 2.41. The summed E-state index contributed by atoms with van der Waals surface area (Å²) in [5, 5.41) is 5.15. The van der Waals surface area contributed by atoms with E-state index in [0.717, 1.165) is 0 Å². The van der Waals surface area contributed by atoms with E-state index in [-0.39, 0.29) is 6.71 Å². The summed E-state index contributed by atoms with van der Waals surface area (Å²) in [6, 6.07) is 58.1. The Morgan fingerprint density at radius 2 is 0.978 bits per heavy atom. The summed E-state index contributed by atoms with van der Waals surface area (Å²) in [5.41, 5.74) is 15.2. The third kappa shape index (κ3) is 2.99. The predicted octanol–water partition coefficient (Wildman–Crippen LogP) is 8.49. The molecule has 0 atom stereocenters. The summed E-state index contributed by atoms with van der Waals surface area (Å²) in [7, 11) is 0. The molecule has 7 aromatic carbocycles. The molecule has 0 radical (unpaired) electrons. The molecule has 0 fully saturated rings. The second kappa shape index (κ2) is 8.80. The van der Waals surface area contributed by atoms with Crippen molar-refractivity contribution in [1.82, 2.24) is 9.13 Å². The van der Waals surface area contributed by atoms with Crippen LogP contribution in [0.15, 0.2) is 158 Å². The average Bonchev–Trinajstić information content (AvgIpc) is 3.64. The highest BCUT2D eigenvalue weighted by molar-refractivity contribution is 7.00. The van der Waals surface area contributed by atoms with E-state index in [1.165, 1.54) is 88.4 Å². The van der Waals surface area contributed by atoms with Gasteiger partial charge in [0, 0.05) is 55.5 Å². The minimum Gasteiger partial charge on any atom is -0.311 e. The Kier molecular flexibility index (Phi) is 4.66. The Morgan fingerprint density at radius 3 is 1.85 bits per heavy atom. The SMILES string of the molecule is c1ccc(-n2c3ccccc3c3cc(N4c5ccccc5B5c6c4cccc6-n4c6ccccc6c6cccc5c64)ccc32)cc1. The molecule has 0 unspecified atom stereocenters.